The Morgan fingerprint density at radius 2 is 1.80 bits per heavy atom. The first-order valence-corrected chi connectivity index (χ1v) is 12.9. The molecule has 2 aromatic rings. The summed E-state index contributed by atoms with van der Waals surface area (Å²) in [6.07, 6.45) is 1.81. The Morgan fingerprint density at radius 3 is 2.40 bits per heavy atom. The Kier molecular flexibility index (Phi) is 9.40. The second-order valence-corrected chi connectivity index (χ2v) is 10.3. The van der Waals surface area contributed by atoms with E-state index in [0.29, 0.717) is 12.0 Å². The summed E-state index contributed by atoms with van der Waals surface area (Å²) in [5.41, 5.74) is 2.60. The molecular weight excluding hydrogens is 451 g/mol. The topological polar surface area (TPSA) is 40.5 Å². The number of carboxylic acid groups (broad SMARTS) is 1. The Labute approximate surface area is 207 Å². The first-order chi connectivity index (χ1) is 16.6. The first kappa shape index (κ1) is 27.3. The zero-order valence-electron chi connectivity index (χ0n) is 21.1. The molecule has 1 saturated heterocycles. The van der Waals surface area contributed by atoms with Gasteiger partial charge in [0.15, 0.2) is 0 Å². The van der Waals surface area contributed by atoms with Gasteiger partial charge in [-0.05, 0) is 85.0 Å². The third-order valence-corrected chi connectivity index (χ3v) is 6.99. The predicted octanol–water partition coefficient (Wildman–Crippen LogP) is 7.96. The number of aliphatic carboxylic acids is 1. The Hall–Kier alpha value is -2.34. The van der Waals surface area contributed by atoms with Crippen molar-refractivity contribution in [3.8, 4) is 11.1 Å². The third-order valence-electron chi connectivity index (χ3n) is 6.99. The maximum Gasteiger partial charge on any atom is 0.416 e. The highest BCUT2D eigenvalue weighted by Gasteiger charge is 2.30. The van der Waals surface area contributed by atoms with Crippen molar-refractivity contribution in [2.24, 2.45) is 5.92 Å². The van der Waals surface area contributed by atoms with Gasteiger partial charge in [-0.1, -0.05) is 63.9 Å². The van der Waals surface area contributed by atoms with E-state index in [-0.39, 0.29) is 11.8 Å². The smallest absolute Gasteiger partial charge is 0.416 e. The van der Waals surface area contributed by atoms with Gasteiger partial charge in [0.1, 0.15) is 0 Å². The predicted molar refractivity (Wildman–Crippen MR) is 135 cm³/mol. The molecule has 3 nitrogen and oxygen atoms in total. The van der Waals surface area contributed by atoms with Crippen molar-refractivity contribution in [3.63, 3.8) is 0 Å². The monoisotopic (exact) mass is 489 g/mol. The number of hydrogen-bond donors (Lipinski definition) is 1. The second kappa shape index (κ2) is 12.1. The molecule has 2 unspecified atom stereocenters. The van der Waals surface area contributed by atoms with Crippen LogP contribution in [0.1, 0.15) is 87.8 Å². The van der Waals surface area contributed by atoms with Crippen molar-refractivity contribution in [2.45, 2.75) is 77.3 Å². The summed E-state index contributed by atoms with van der Waals surface area (Å²) in [6.45, 7) is 9.29. The maximum atomic E-state index is 13.1. The molecule has 0 spiro atoms. The van der Waals surface area contributed by atoms with E-state index in [9.17, 15) is 23.1 Å². The van der Waals surface area contributed by atoms with Crippen molar-refractivity contribution < 1.29 is 23.1 Å². The highest BCUT2D eigenvalue weighted by molar-refractivity contribution is 5.77. The number of halogens is 3. The van der Waals surface area contributed by atoms with Crippen molar-refractivity contribution in [2.75, 3.05) is 19.6 Å². The lowest BCUT2D eigenvalue weighted by molar-refractivity contribution is -0.139. The summed E-state index contributed by atoms with van der Waals surface area (Å²) in [7, 11) is 0. The van der Waals surface area contributed by atoms with Crippen LogP contribution in [-0.4, -0.2) is 35.6 Å². The van der Waals surface area contributed by atoms with Crippen LogP contribution in [0.15, 0.2) is 42.5 Å². The molecule has 1 fully saturated rings. The van der Waals surface area contributed by atoms with Crippen LogP contribution in [0.25, 0.3) is 11.1 Å². The van der Waals surface area contributed by atoms with Crippen molar-refractivity contribution >= 4 is 5.97 Å². The molecule has 2 atom stereocenters. The van der Waals surface area contributed by atoms with Gasteiger partial charge in [0, 0.05) is 6.54 Å². The van der Waals surface area contributed by atoms with Gasteiger partial charge in [-0.15, -0.1) is 0 Å². The van der Waals surface area contributed by atoms with E-state index in [1.165, 1.54) is 31.4 Å². The van der Waals surface area contributed by atoms with Crippen LogP contribution in [0, 0.1) is 5.92 Å². The lowest BCUT2D eigenvalue weighted by Gasteiger charge is -2.33. The fraction of sp³-hybridized carbons (Fsp3) is 0.552. The molecule has 1 aliphatic rings. The first-order valence-electron chi connectivity index (χ1n) is 12.9. The molecule has 0 aromatic heterocycles. The number of rotatable bonds is 10. The Bertz CT molecular complexity index is 969. The number of carbonyl (C=O) groups is 1. The van der Waals surface area contributed by atoms with Crippen LogP contribution in [0.2, 0.25) is 0 Å². The van der Waals surface area contributed by atoms with E-state index in [1.807, 2.05) is 26.0 Å². The normalized spacial score (nSPS) is 18.1. The largest absolute Gasteiger partial charge is 0.481 e. The molecule has 0 saturated carbocycles. The highest BCUT2D eigenvalue weighted by atomic mass is 19.4. The lowest BCUT2D eigenvalue weighted by Crippen LogP contribution is -2.35. The standard InChI is InChI=1S/C29H38F3NO2/c1-4-5-6-13-33-14-7-8-22(19-33)24-16-23(21-9-11-26(12-10-21)29(30,31)32)17-25(18-24)27(28(34)35)15-20(2)3/h9-12,16-18,20,22,27H,4-8,13-15,19H2,1-3H3,(H,34,35). The molecule has 0 radical (unpaired) electrons. The summed E-state index contributed by atoms with van der Waals surface area (Å²) >= 11 is 0. The van der Waals surface area contributed by atoms with Crippen LogP contribution in [-0.2, 0) is 11.0 Å². The summed E-state index contributed by atoms with van der Waals surface area (Å²) < 4.78 is 39.3. The van der Waals surface area contributed by atoms with Crippen LogP contribution in [0.5, 0.6) is 0 Å². The molecule has 6 heteroatoms. The van der Waals surface area contributed by atoms with Gasteiger partial charge in [0.2, 0.25) is 0 Å². The minimum absolute atomic E-state index is 0.206. The number of nitrogens with zero attached hydrogens (tertiary/aromatic N) is 1. The molecule has 35 heavy (non-hydrogen) atoms. The van der Waals surface area contributed by atoms with E-state index >= 15 is 0 Å². The number of hydrogen-bond acceptors (Lipinski definition) is 2. The molecule has 0 bridgehead atoms. The second-order valence-electron chi connectivity index (χ2n) is 10.3. The van der Waals surface area contributed by atoms with Crippen LogP contribution in [0.4, 0.5) is 13.2 Å². The summed E-state index contributed by atoms with van der Waals surface area (Å²) in [4.78, 5) is 14.7. The van der Waals surface area contributed by atoms with E-state index in [0.717, 1.165) is 61.3 Å². The molecule has 192 valence electrons. The van der Waals surface area contributed by atoms with Gasteiger partial charge in [0.05, 0.1) is 11.5 Å². The summed E-state index contributed by atoms with van der Waals surface area (Å²) in [6, 6.07) is 11.1. The molecule has 1 N–H and O–H groups in total. The Morgan fingerprint density at radius 1 is 1.09 bits per heavy atom. The van der Waals surface area contributed by atoms with Gasteiger partial charge in [-0.2, -0.15) is 13.2 Å². The van der Waals surface area contributed by atoms with Gasteiger partial charge in [-0.3, -0.25) is 4.79 Å². The van der Waals surface area contributed by atoms with Crippen molar-refractivity contribution in [3.05, 3.63) is 59.2 Å². The minimum Gasteiger partial charge on any atom is -0.481 e. The van der Waals surface area contributed by atoms with Crippen LogP contribution in [0.3, 0.4) is 0 Å². The maximum absolute atomic E-state index is 13.1. The van der Waals surface area contributed by atoms with Gasteiger partial charge >= 0.3 is 12.1 Å². The molecular formula is C29H38F3NO2. The number of likely N-dealkylation sites (tertiary alicyclic amines) is 1. The van der Waals surface area contributed by atoms with Gasteiger partial charge < -0.3 is 10.0 Å². The fourth-order valence-corrected chi connectivity index (χ4v) is 5.10. The van der Waals surface area contributed by atoms with E-state index in [4.69, 9.17) is 0 Å². The highest BCUT2D eigenvalue weighted by Crippen LogP contribution is 2.36. The lowest BCUT2D eigenvalue weighted by atomic mass is 9.83. The average molecular weight is 490 g/mol. The zero-order valence-corrected chi connectivity index (χ0v) is 21.1. The number of alkyl halides is 3. The minimum atomic E-state index is -4.39. The van der Waals surface area contributed by atoms with Crippen LogP contribution < -0.4 is 0 Å². The number of piperidine rings is 1. The molecule has 1 heterocycles. The molecule has 0 aliphatic carbocycles. The zero-order chi connectivity index (χ0) is 25.6. The number of unbranched alkanes of at least 4 members (excludes halogenated alkanes) is 2. The molecule has 0 amide bonds. The van der Waals surface area contributed by atoms with Crippen LogP contribution >= 0.6 is 0 Å². The molecule has 3 rings (SSSR count). The van der Waals surface area contributed by atoms with E-state index in [2.05, 4.69) is 17.9 Å². The SMILES string of the molecule is CCCCCN1CCCC(c2cc(-c3ccc(C(F)(F)F)cc3)cc(C(CC(C)C)C(=O)O)c2)C1. The Balaban J connectivity index is 1.99. The number of benzene rings is 2. The fourth-order valence-electron chi connectivity index (χ4n) is 5.10. The average Bonchev–Trinajstić information content (AvgIpc) is 2.82. The molecule has 1 aliphatic heterocycles. The van der Waals surface area contributed by atoms with Gasteiger partial charge in [-0.25, -0.2) is 0 Å². The van der Waals surface area contributed by atoms with Crippen molar-refractivity contribution in [1.82, 2.24) is 4.90 Å². The van der Waals surface area contributed by atoms with Crippen molar-refractivity contribution in [1.29, 1.82) is 0 Å². The quantitative estimate of drug-likeness (QED) is 0.344. The van der Waals surface area contributed by atoms with Gasteiger partial charge in [0.25, 0.3) is 0 Å². The van der Waals surface area contributed by atoms with E-state index in [1.54, 1.807) is 0 Å². The summed E-state index contributed by atoms with van der Waals surface area (Å²) in [5.74, 6) is -1.02. The molecule has 2 aromatic carbocycles. The third kappa shape index (κ3) is 7.57. The number of carboxylic acids is 1. The van der Waals surface area contributed by atoms with E-state index < -0.39 is 23.6 Å². The summed E-state index contributed by atoms with van der Waals surface area (Å²) in [5, 5.41) is 9.99.